The molecule has 0 atom stereocenters. The highest BCUT2D eigenvalue weighted by Crippen LogP contribution is 2.11. The number of amides is 1. The van der Waals surface area contributed by atoms with E-state index in [1.807, 2.05) is 52.0 Å². The van der Waals surface area contributed by atoms with Crippen molar-refractivity contribution in [2.75, 3.05) is 26.2 Å². The summed E-state index contributed by atoms with van der Waals surface area (Å²) >= 11 is 0. The Morgan fingerprint density at radius 1 is 1.17 bits per heavy atom. The van der Waals surface area contributed by atoms with Gasteiger partial charge in [0.15, 0.2) is 5.96 Å². The molecule has 4 N–H and O–H groups in total. The highest BCUT2D eigenvalue weighted by molar-refractivity contribution is 14.0. The van der Waals surface area contributed by atoms with Crippen molar-refractivity contribution in [2.45, 2.75) is 46.1 Å². The van der Waals surface area contributed by atoms with Crippen LogP contribution in [0.15, 0.2) is 29.3 Å². The molecule has 0 fully saturated rings. The molecule has 8 nitrogen and oxygen atoms in total. The van der Waals surface area contributed by atoms with Gasteiger partial charge >= 0.3 is 6.09 Å². The molecule has 0 aliphatic carbocycles. The molecule has 162 valence electrons. The number of H-pyrrole nitrogens is 1. The number of guanidine groups is 1. The van der Waals surface area contributed by atoms with Crippen molar-refractivity contribution in [3.05, 3.63) is 30.1 Å². The number of fused-ring (bicyclic) bond motifs is 1. The molecule has 0 spiro atoms. The van der Waals surface area contributed by atoms with Gasteiger partial charge in [-0.2, -0.15) is 0 Å². The third kappa shape index (κ3) is 9.82. The lowest BCUT2D eigenvalue weighted by Crippen LogP contribution is -2.42. The minimum absolute atomic E-state index is 0. The van der Waals surface area contributed by atoms with E-state index in [1.54, 1.807) is 0 Å². The molecule has 2 aromatic rings. The Morgan fingerprint density at radius 2 is 1.90 bits per heavy atom. The molecule has 2 rings (SSSR count). The first-order valence-electron chi connectivity index (χ1n) is 9.80. The number of para-hydroxylation sites is 2. The second kappa shape index (κ2) is 12.5. The lowest BCUT2D eigenvalue weighted by atomic mass is 10.2. The lowest BCUT2D eigenvalue weighted by molar-refractivity contribution is 0.0529. The zero-order valence-electron chi connectivity index (χ0n) is 17.7. The van der Waals surface area contributed by atoms with Crippen molar-refractivity contribution in [1.29, 1.82) is 0 Å². The fourth-order valence-electron chi connectivity index (χ4n) is 2.56. The van der Waals surface area contributed by atoms with Crippen LogP contribution in [0.3, 0.4) is 0 Å². The van der Waals surface area contributed by atoms with Gasteiger partial charge in [-0.15, -0.1) is 24.0 Å². The maximum Gasteiger partial charge on any atom is 0.407 e. The maximum atomic E-state index is 11.6. The molecule has 29 heavy (non-hydrogen) atoms. The highest BCUT2D eigenvalue weighted by atomic mass is 127. The summed E-state index contributed by atoms with van der Waals surface area (Å²) in [6.07, 6.45) is 1.33. The largest absolute Gasteiger partial charge is 0.444 e. The number of aromatic amines is 1. The molecule has 1 aromatic carbocycles. The number of hydrogen-bond acceptors (Lipinski definition) is 4. The van der Waals surface area contributed by atoms with Crippen molar-refractivity contribution in [2.24, 2.45) is 4.99 Å². The fourth-order valence-corrected chi connectivity index (χ4v) is 2.56. The van der Waals surface area contributed by atoms with Crippen LogP contribution < -0.4 is 16.0 Å². The second-order valence-electron chi connectivity index (χ2n) is 7.42. The van der Waals surface area contributed by atoms with Crippen molar-refractivity contribution in [3.8, 4) is 0 Å². The number of imidazole rings is 1. The van der Waals surface area contributed by atoms with E-state index < -0.39 is 11.7 Å². The van der Waals surface area contributed by atoms with Gasteiger partial charge in [-0.3, -0.25) is 4.99 Å². The zero-order chi connectivity index (χ0) is 20.4. The van der Waals surface area contributed by atoms with Crippen LogP contribution in [0.1, 0.15) is 39.9 Å². The number of aromatic nitrogens is 2. The molecule has 0 saturated heterocycles. The van der Waals surface area contributed by atoms with E-state index >= 15 is 0 Å². The molecule has 0 aliphatic heterocycles. The monoisotopic (exact) mass is 516 g/mol. The average molecular weight is 516 g/mol. The van der Waals surface area contributed by atoms with E-state index in [2.05, 4.69) is 30.9 Å². The highest BCUT2D eigenvalue weighted by Gasteiger charge is 2.15. The summed E-state index contributed by atoms with van der Waals surface area (Å²) in [5.74, 6) is 1.72. The number of aryl methyl sites for hydroxylation is 1. The number of carbonyl (C=O) groups excluding carboxylic acids is 1. The van der Waals surface area contributed by atoms with Crippen LogP contribution in [0.25, 0.3) is 11.0 Å². The Morgan fingerprint density at radius 3 is 2.59 bits per heavy atom. The third-order valence-electron chi connectivity index (χ3n) is 3.71. The molecular weight excluding hydrogens is 483 g/mol. The van der Waals surface area contributed by atoms with Gasteiger partial charge in [0.1, 0.15) is 11.4 Å². The second-order valence-corrected chi connectivity index (χ2v) is 7.42. The number of rotatable bonds is 8. The molecule has 0 aliphatic rings. The summed E-state index contributed by atoms with van der Waals surface area (Å²) in [4.78, 5) is 24.1. The minimum atomic E-state index is -0.492. The van der Waals surface area contributed by atoms with Crippen LogP contribution in [-0.4, -0.2) is 53.8 Å². The van der Waals surface area contributed by atoms with E-state index in [9.17, 15) is 4.79 Å². The summed E-state index contributed by atoms with van der Waals surface area (Å²) < 4.78 is 5.20. The Labute approximate surface area is 189 Å². The van der Waals surface area contributed by atoms with E-state index in [0.717, 1.165) is 42.2 Å². The van der Waals surface area contributed by atoms with Crippen LogP contribution in [-0.2, 0) is 11.2 Å². The fraction of sp³-hybridized carbons (Fsp3) is 0.550. The van der Waals surface area contributed by atoms with Crippen molar-refractivity contribution >= 4 is 47.1 Å². The van der Waals surface area contributed by atoms with Crippen LogP contribution >= 0.6 is 24.0 Å². The number of ether oxygens (including phenoxy) is 1. The molecule has 0 radical (unpaired) electrons. The van der Waals surface area contributed by atoms with Gasteiger partial charge in [-0.05, 0) is 46.2 Å². The molecule has 1 amide bonds. The van der Waals surface area contributed by atoms with Crippen LogP contribution in [0, 0.1) is 0 Å². The number of nitrogens with zero attached hydrogens (tertiary/aromatic N) is 2. The van der Waals surface area contributed by atoms with Crippen molar-refractivity contribution in [3.63, 3.8) is 0 Å². The molecule has 0 saturated carbocycles. The van der Waals surface area contributed by atoms with Crippen LogP contribution in [0.5, 0.6) is 0 Å². The lowest BCUT2D eigenvalue weighted by Gasteiger charge is -2.19. The van der Waals surface area contributed by atoms with E-state index in [-0.39, 0.29) is 24.0 Å². The van der Waals surface area contributed by atoms with Gasteiger partial charge in [0.2, 0.25) is 0 Å². The summed E-state index contributed by atoms with van der Waals surface area (Å²) in [5.41, 5.74) is 1.57. The van der Waals surface area contributed by atoms with Gasteiger partial charge in [0.25, 0.3) is 0 Å². The number of aliphatic imine (C=N–C) groups is 1. The Bertz CT molecular complexity index is 752. The van der Waals surface area contributed by atoms with Crippen LogP contribution in [0.2, 0.25) is 0 Å². The van der Waals surface area contributed by atoms with E-state index in [4.69, 9.17) is 4.74 Å². The maximum absolute atomic E-state index is 11.6. The molecule has 1 aromatic heterocycles. The van der Waals surface area contributed by atoms with Gasteiger partial charge in [-0.25, -0.2) is 9.78 Å². The smallest absolute Gasteiger partial charge is 0.407 e. The predicted molar refractivity (Wildman–Crippen MR) is 128 cm³/mol. The molecular formula is C20H33IN6O2. The van der Waals surface area contributed by atoms with Crippen LogP contribution in [0.4, 0.5) is 4.79 Å². The van der Waals surface area contributed by atoms with Gasteiger partial charge in [-0.1, -0.05) is 12.1 Å². The van der Waals surface area contributed by atoms with Gasteiger partial charge < -0.3 is 25.7 Å². The average Bonchev–Trinajstić information content (AvgIpc) is 3.03. The molecule has 0 bridgehead atoms. The Balaban J connectivity index is 0.00000420. The minimum Gasteiger partial charge on any atom is -0.444 e. The number of benzene rings is 1. The normalized spacial score (nSPS) is 11.7. The standard InChI is InChI=1S/C20H32N6O2.HI/c1-5-21-18(23-13-14-24-19(27)28-20(2,3)4)22-12-8-11-17-25-15-9-6-7-10-16(15)26-17;/h6-7,9-10H,5,8,11-14H2,1-4H3,(H,24,27)(H,25,26)(H2,21,22,23);1H. The third-order valence-corrected chi connectivity index (χ3v) is 3.71. The summed E-state index contributed by atoms with van der Waals surface area (Å²) in [6, 6.07) is 8.03. The van der Waals surface area contributed by atoms with Crippen molar-refractivity contribution < 1.29 is 9.53 Å². The first-order chi connectivity index (χ1) is 13.4. The number of nitrogens with one attached hydrogen (secondary N) is 4. The first kappa shape index (κ1) is 25.0. The summed E-state index contributed by atoms with van der Waals surface area (Å²) in [5, 5.41) is 9.12. The Kier molecular flexibility index (Phi) is 10.8. The summed E-state index contributed by atoms with van der Waals surface area (Å²) in [6.45, 7) is 10.0. The molecule has 9 heteroatoms. The number of hydrogen-bond donors (Lipinski definition) is 4. The Hall–Kier alpha value is -2.04. The zero-order valence-corrected chi connectivity index (χ0v) is 20.0. The number of carbonyl (C=O) groups is 1. The molecule has 0 unspecified atom stereocenters. The summed E-state index contributed by atoms with van der Waals surface area (Å²) in [7, 11) is 0. The van der Waals surface area contributed by atoms with E-state index in [0.29, 0.717) is 19.6 Å². The molecule has 1 heterocycles. The topological polar surface area (TPSA) is 103 Å². The first-order valence-corrected chi connectivity index (χ1v) is 9.80. The van der Waals surface area contributed by atoms with Crippen molar-refractivity contribution in [1.82, 2.24) is 25.9 Å². The van der Waals surface area contributed by atoms with Gasteiger partial charge in [0.05, 0.1) is 11.0 Å². The number of halogens is 1. The predicted octanol–water partition coefficient (Wildman–Crippen LogP) is 3.19. The number of alkyl carbamates (subject to hydrolysis) is 1. The van der Waals surface area contributed by atoms with E-state index in [1.165, 1.54) is 0 Å². The SMILES string of the molecule is CCNC(=NCCCc1nc2ccccc2[nH]1)NCCNC(=O)OC(C)(C)C.I. The quantitative estimate of drug-likeness (QED) is 0.187. The van der Waals surface area contributed by atoms with Gasteiger partial charge in [0, 0.05) is 32.6 Å².